The summed E-state index contributed by atoms with van der Waals surface area (Å²) >= 11 is 5.47. The monoisotopic (exact) mass is 174 g/mol. The van der Waals surface area contributed by atoms with Crippen LogP contribution in [0.25, 0.3) is 0 Å². The first-order chi connectivity index (χ1) is 4.74. The molecule has 3 heteroatoms. The van der Waals surface area contributed by atoms with Gasteiger partial charge in [0.15, 0.2) is 0 Å². The molecule has 0 radical (unpaired) electrons. The van der Waals surface area contributed by atoms with Gasteiger partial charge in [-0.25, -0.2) is 4.39 Å². The van der Waals surface area contributed by atoms with Crippen molar-refractivity contribution in [2.75, 3.05) is 0 Å². The van der Waals surface area contributed by atoms with Gasteiger partial charge in [-0.1, -0.05) is 17.7 Å². The molecule has 0 heterocycles. The average molecular weight is 175 g/mol. The van der Waals surface area contributed by atoms with E-state index in [-0.39, 0.29) is 10.8 Å². The highest BCUT2D eigenvalue weighted by molar-refractivity contribution is 6.30. The molecular formula is C7H8ClFSi. The number of hydrogen-bond acceptors (Lipinski definition) is 0. The lowest BCUT2D eigenvalue weighted by molar-refractivity contribution is 0.627. The van der Waals surface area contributed by atoms with E-state index in [0.29, 0.717) is 0 Å². The van der Waals surface area contributed by atoms with Crippen molar-refractivity contribution in [1.29, 1.82) is 0 Å². The van der Waals surface area contributed by atoms with Crippen molar-refractivity contribution < 1.29 is 4.39 Å². The zero-order valence-corrected chi connectivity index (χ0v) is 8.45. The second-order valence-corrected chi connectivity index (χ2v) is 3.22. The van der Waals surface area contributed by atoms with Gasteiger partial charge >= 0.3 is 0 Å². The molecule has 0 aromatic heterocycles. The van der Waals surface area contributed by atoms with Crippen molar-refractivity contribution in [2.45, 2.75) is 6.04 Å². The molecule has 0 unspecified atom stereocenters. The first-order valence-corrected chi connectivity index (χ1v) is 4.97. The zero-order chi connectivity index (χ0) is 7.56. The Kier molecular flexibility index (Phi) is 2.46. The van der Waals surface area contributed by atoms with Gasteiger partial charge in [0.05, 0.1) is 5.02 Å². The third kappa shape index (κ3) is 1.58. The summed E-state index contributed by atoms with van der Waals surface area (Å²) in [7, 11) is 1.06. The van der Waals surface area contributed by atoms with Gasteiger partial charge in [-0.2, -0.15) is 0 Å². The number of benzene rings is 1. The predicted octanol–water partition coefficient (Wildman–Crippen LogP) is 1.34. The fraction of sp³-hybridized carbons (Fsp3) is 0.143. The number of rotatable bonds is 1. The smallest absolute Gasteiger partial charge is 0.142 e. The van der Waals surface area contributed by atoms with E-state index in [1.807, 2.05) is 6.07 Å². The molecular weight excluding hydrogens is 167 g/mol. The minimum Gasteiger partial charge on any atom is -0.205 e. The second-order valence-electron chi connectivity index (χ2n) is 2.10. The fourth-order valence-corrected chi connectivity index (χ4v) is 1.32. The molecule has 0 aliphatic heterocycles. The summed E-state index contributed by atoms with van der Waals surface area (Å²) < 4.78 is 12.6. The Morgan fingerprint density at radius 2 is 2.20 bits per heavy atom. The van der Waals surface area contributed by atoms with Crippen LogP contribution in [0, 0.1) is 5.82 Å². The Hall–Kier alpha value is -0.343. The van der Waals surface area contributed by atoms with E-state index in [1.165, 1.54) is 6.07 Å². The van der Waals surface area contributed by atoms with E-state index in [0.717, 1.165) is 21.9 Å². The van der Waals surface area contributed by atoms with Gasteiger partial charge in [-0.05, 0) is 23.7 Å². The van der Waals surface area contributed by atoms with Crippen molar-refractivity contribution >= 4 is 21.8 Å². The van der Waals surface area contributed by atoms with E-state index < -0.39 is 0 Å². The number of halogens is 2. The predicted molar refractivity (Wildman–Crippen MR) is 45.1 cm³/mol. The molecule has 0 bridgehead atoms. The molecule has 0 spiro atoms. The van der Waals surface area contributed by atoms with Crippen molar-refractivity contribution in [3.8, 4) is 0 Å². The second kappa shape index (κ2) is 3.17. The molecule has 0 atom stereocenters. The molecule has 10 heavy (non-hydrogen) atoms. The zero-order valence-electron chi connectivity index (χ0n) is 5.70. The lowest BCUT2D eigenvalue weighted by atomic mass is 10.2. The molecule has 1 aromatic carbocycles. The van der Waals surface area contributed by atoms with Crippen molar-refractivity contribution in [1.82, 2.24) is 0 Å². The van der Waals surface area contributed by atoms with E-state index in [4.69, 9.17) is 11.6 Å². The van der Waals surface area contributed by atoms with Gasteiger partial charge in [0.25, 0.3) is 0 Å². The summed E-state index contributed by atoms with van der Waals surface area (Å²) in [5.74, 6) is -0.310. The molecule has 1 aromatic rings. The Labute approximate surface area is 67.4 Å². The van der Waals surface area contributed by atoms with Gasteiger partial charge < -0.3 is 0 Å². The highest BCUT2D eigenvalue weighted by Gasteiger charge is 1.97. The van der Waals surface area contributed by atoms with Crippen LogP contribution >= 0.6 is 11.6 Å². The Morgan fingerprint density at radius 3 is 2.70 bits per heavy atom. The normalized spacial score (nSPS) is 10.2. The topological polar surface area (TPSA) is 0 Å². The first kappa shape index (κ1) is 7.76. The minimum atomic E-state index is -0.310. The van der Waals surface area contributed by atoms with Crippen LogP contribution in [0.4, 0.5) is 4.39 Å². The van der Waals surface area contributed by atoms with Gasteiger partial charge in [-0.3, -0.25) is 0 Å². The number of hydrogen-bond donors (Lipinski definition) is 0. The largest absolute Gasteiger partial charge is 0.205 e. The van der Waals surface area contributed by atoms with E-state index >= 15 is 0 Å². The maximum absolute atomic E-state index is 12.6. The summed E-state index contributed by atoms with van der Waals surface area (Å²) in [5.41, 5.74) is 1.04. The lowest BCUT2D eigenvalue weighted by Gasteiger charge is -1.96. The fourth-order valence-electron chi connectivity index (χ4n) is 0.760. The molecule has 0 N–H and O–H groups in total. The maximum atomic E-state index is 12.6. The van der Waals surface area contributed by atoms with Crippen LogP contribution in [-0.2, 0) is 6.04 Å². The molecule has 0 aliphatic rings. The van der Waals surface area contributed by atoms with Gasteiger partial charge in [0.1, 0.15) is 5.82 Å². The van der Waals surface area contributed by atoms with Crippen LogP contribution in [0.1, 0.15) is 5.56 Å². The van der Waals surface area contributed by atoms with Crippen molar-refractivity contribution in [3.63, 3.8) is 0 Å². The van der Waals surface area contributed by atoms with Crippen LogP contribution in [-0.4, -0.2) is 10.2 Å². The minimum absolute atomic E-state index is 0.207. The third-order valence-electron chi connectivity index (χ3n) is 1.39. The van der Waals surface area contributed by atoms with Crippen LogP contribution in [0.3, 0.4) is 0 Å². The molecule has 0 saturated heterocycles. The molecule has 0 nitrogen and oxygen atoms in total. The third-order valence-corrected chi connectivity index (χ3v) is 2.52. The molecule has 0 fully saturated rings. The van der Waals surface area contributed by atoms with Crippen LogP contribution in [0.2, 0.25) is 5.02 Å². The summed E-state index contributed by atoms with van der Waals surface area (Å²) in [6.07, 6.45) is 0. The van der Waals surface area contributed by atoms with Crippen LogP contribution in [0.15, 0.2) is 18.2 Å². The molecule has 1 rings (SSSR count). The Morgan fingerprint density at radius 1 is 1.50 bits per heavy atom. The highest BCUT2D eigenvalue weighted by Crippen LogP contribution is 2.14. The summed E-state index contributed by atoms with van der Waals surface area (Å²) in [5, 5.41) is 0.207. The van der Waals surface area contributed by atoms with Gasteiger partial charge in [0.2, 0.25) is 0 Å². The van der Waals surface area contributed by atoms with Crippen LogP contribution in [0.5, 0.6) is 0 Å². The summed E-state index contributed by atoms with van der Waals surface area (Å²) in [6.45, 7) is 0. The van der Waals surface area contributed by atoms with Gasteiger partial charge in [-0.15, -0.1) is 0 Å². The molecule has 0 aliphatic carbocycles. The van der Waals surface area contributed by atoms with Crippen molar-refractivity contribution in [2.24, 2.45) is 0 Å². The van der Waals surface area contributed by atoms with Crippen LogP contribution < -0.4 is 0 Å². The van der Waals surface area contributed by atoms with E-state index in [9.17, 15) is 4.39 Å². The molecule has 0 saturated carbocycles. The summed E-state index contributed by atoms with van der Waals surface area (Å²) in [4.78, 5) is 0. The first-order valence-electron chi connectivity index (χ1n) is 3.18. The highest BCUT2D eigenvalue weighted by atomic mass is 35.5. The molecule has 54 valence electrons. The van der Waals surface area contributed by atoms with Crippen molar-refractivity contribution in [3.05, 3.63) is 34.6 Å². The standard InChI is InChI=1S/C7H8ClFSi/c8-6-2-1-5(4-10)3-7(6)9/h1-3H,4H2,10H3. The maximum Gasteiger partial charge on any atom is 0.142 e. The van der Waals surface area contributed by atoms with Gasteiger partial charge in [0, 0.05) is 10.2 Å². The SMILES string of the molecule is Fc1cc(C[SiH3])ccc1Cl. The van der Waals surface area contributed by atoms with E-state index in [1.54, 1.807) is 6.07 Å². The van der Waals surface area contributed by atoms with E-state index in [2.05, 4.69) is 0 Å². The summed E-state index contributed by atoms with van der Waals surface area (Å²) in [6, 6.07) is 5.94. The Balaban J connectivity index is 3.04. The quantitative estimate of drug-likeness (QED) is 0.564. The lowest BCUT2D eigenvalue weighted by Crippen LogP contribution is -1.85. The molecule has 0 amide bonds. The Bertz CT molecular complexity index is 237. The average Bonchev–Trinajstić information content (AvgIpc) is 1.95.